The van der Waals surface area contributed by atoms with Crippen molar-refractivity contribution in [2.75, 3.05) is 57.4 Å². The van der Waals surface area contributed by atoms with E-state index in [1.165, 1.54) is 16.8 Å². The second kappa shape index (κ2) is 8.48. The molecule has 6 rings (SSSR count). The Labute approximate surface area is 188 Å². The second-order valence-electron chi connectivity index (χ2n) is 8.80. The lowest BCUT2D eigenvalue weighted by Gasteiger charge is -2.43. The fourth-order valence-electron chi connectivity index (χ4n) is 4.83. The first kappa shape index (κ1) is 19.6. The summed E-state index contributed by atoms with van der Waals surface area (Å²) in [6.07, 6.45) is 5.67. The molecule has 1 aromatic carbocycles. The van der Waals surface area contributed by atoms with Gasteiger partial charge in [-0.2, -0.15) is 0 Å². The van der Waals surface area contributed by atoms with E-state index in [2.05, 4.69) is 56.1 Å². The number of fused-ring (bicyclic) bond motifs is 1. The van der Waals surface area contributed by atoms with Crippen LogP contribution in [0, 0.1) is 0 Å². The van der Waals surface area contributed by atoms with Crippen LogP contribution in [0.25, 0.3) is 22.2 Å². The Balaban J connectivity index is 1.18. The van der Waals surface area contributed by atoms with E-state index < -0.39 is 0 Å². The van der Waals surface area contributed by atoms with Gasteiger partial charge in [0.05, 0.1) is 44.3 Å². The van der Waals surface area contributed by atoms with Crippen LogP contribution >= 0.6 is 0 Å². The van der Waals surface area contributed by atoms with Crippen molar-refractivity contribution in [2.24, 2.45) is 0 Å². The van der Waals surface area contributed by atoms with E-state index in [1.54, 1.807) is 6.26 Å². The van der Waals surface area contributed by atoms with Crippen LogP contribution < -0.4 is 4.90 Å². The normalized spacial score (nSPS) is 19.9. The van der Waals surface area contributed by atoms with Gasteiger partial charge in [-0.1, -0.05) is 12.1 Å². The van der Waals surface area contributed by atoms with Crippen LogP contribution in [0.15, 0.2) is 55.1 Å². The van der Waals surface area contributed by atoms with Crippen molar-refractivity contribution >= 4 is 16.6 Å². The van der Waals surface area contributed by atoms with Crippen LogP contribution in [0.1, 0.15) is 5.69 Å². The SMILES string of the molecule is C1=CN(Cc2cc3c(-c4ccc(N5CCN(C6COC6)CC5)cc4)nccc3[nH]2)CCO1. The largest absolute Gasteiger partial charge is 0.498 e. The summed E-state index contributed by atoms with van der Waals surface area (Å²) in [5.74, 6) is 0. The van der Waals surface area contributed by atoms with E-state index in [1.807, 2.05) is 12.4 Å². The minimum atomic E-state index is 0.636. The molecule has 2 fully saturated rings. The third-order valence-corrected chi connectivity index (χ3v) is 6.80. The number of anilines is 1. The zero-order valence-electron chi connectivity index (χ0n) is 18.2. The number of hydrogen-bond donors (Lipinski definition) is 1. The number of nitrogens with one attached hydrogen (secondary N) is 1. The van der Waals surface area contributed by atoms with E-state index >= 15 is 0 Å². The van der Waals surface area contributed by atoms with Crippen LogP contribution in [-0.4, -0.2) is 78.4 Å². The van der Waals surface area contributed by atoms with Crippen molar-refractivity contribution in [2.45, 2.75) is 12.6 Å². The molecule has 3 aliphatic heterocycles. The van der Waals surface area contributed by atoms with E-state index in [4.69, 9.17) is 14.5 Å². The van der Waals surface area contributed by atoms with Gasteiger partial charge in [-0.3, -0.25) is 9.88 Å². The summed E-state index contributed by atoms with van der Waals surface area (Å²) in [7, 11) is 0. The van der Waals surface area contributed by atoms with Gasteiger partial charge in [-0.25, -0.2) is 0 Å². The molecular formula is C25H29N5O2. The van der Waals surface area contributed by atoms with E-state index in [0.717, 1.165) is 75.9 Å². The second-order valence-corrected chi connectivity index (χ2v) is 8.80. The van der Waals surface area contributed by atoms with Crippen molar-refractivity contribution in [3.63, 3.8) is 0 Å². The number of nitrogens with zero attached hydrogens (tertiary/aromatic N) is 4. The first-order chi connectivity index (χ1) is 15.8. The average Bonchev–Trinajstić information content (AvgIpc) is 3.22. The van der Waals surface area contributed by atoms with E-state index in [-0.39, 0.29) is 0 Å². The molecule has 0 spiro atoms. The molecule has 3 aliphatic rings. The molecule has 2 saturated heterocycles. The van der Waals surface area contributed by atoms with Crippen LogP contribution in [0.4, 0.5) is 5.69 Å². The maximum atomic E-state index is 5.35. The summed E-state index contributed by atoms with van der Waals surface area (Å²) in [4.78, 5) is 15.6. The van der Waals surface area contributed by atoms with Crippen molar-refractivity contribution in [3.05, 3.63) is 60.8 Å². The third kappa shape index (κ3) is 3.82. The molecule has 166 valence electrons. The van der Waals surface area contributed by atoms with Gasteiger partial charge in [0.2, 0.25) is 0 Å². The van der Waals surface area contributed by atoms with Gasteiger partial charge in [0.15, 0.2) is 0 Å². The summed E-state index contributed by atoms with van der Waals surface area (Å²) in [6.45, 7) is 8.64. The lowest BCUT2D eigenvalue weighted by molar-refractivity contribution is -0.0660. The van der Waals surface area contributed by atoms with E-state index in [9.17, 15) is 0 Å². The van der Waals surface area contributed by atoms with Gasteiger partial charge in [-0.05, 0) is 24.3 Å². The number of H-pyrrole nitrogens is 1. The summed E-state index contributed by atoms with van der Waals surface area (Å²) in [5.41, 5.74) is 5.79. The molecule has 7 heteroatoms. The van der Waals surface area contributed by atoms with Crippen molar-refractivity contribution in [1.82, 2.24) is 19.8 Å². The fraction of sp³-hybridized carbons (Fsp3) is 0.400. The molecule has 0 unspecified atom stereocenters. The standard InChI is InChI=1S/C25H29N5O2/c1-3-21(29-7-9-30(10-8-29)22-17-32-18-22)4-2-19(1)25-23-15-20(27-24(23)5-6-26-25)16-28-11-13-31-14-12-28/h1-6,11,13,15,22,27H,7-10,12,14,16-18H2. The highest BCUT2D eigenvalue weighted by molar-refractivity contribution is 5.93. The summed E-state index contributed by atoms with van der Waals surface area (Å²) in [5, 5.41) is 1.17. The maximum Gasteiger partial charge on any atom is 0.105 e. The number of rotatable bonds is 5. The smallest absolute Gasteiger partial charge is 0.105 e. The Hall–Kier alpha value is -3.03. The lowest BCUT2D eigenvalue weighted by Crippen LogP contribution is -2.56. The number of pyridine rings is 1. The Morgan fingerprint density at radius 2 is 1.84 bits per heavy atom. The Kier molecular flexibility index (Phi) is 5.21. The molecule has 1 N–H and O–H groups in total. The van der Waals surface area contributed by atoms with Gasteiger partial charge in [0.25, 0.3) is 0 Å². The Bertz CT molecular complexity index is 1100. The minimum Gasteiger partial charge on any atom is -0.498 e. The van der Waals surface area contributed by atoms with Crippen LogP contribution in [-0.2, 0) is 16.0 Å². The molecule has 7 nitrogen and oxygen atoms in total. The maximum absolute atomic E-state index is 5.35. The molecular weight excluding hydrogens is 402 g/mol. The molecule has 0 radical (unpaired) electrons. The molecule has 32 heavy (non-hydrogen) atoms. The van der Waals surface area contributed by atoms with Gasteiger partial charge >= 0.3 is 0 Å². The van der Waals surface area contributed by atoms with Gasteiger partial charge in [-0.15, -0.1) is 0 Å². The summed E-state index contributed by atoms with van der Waals surface area (Å²) in [6, 6.07) is 13.8. The zero-order chi connectivity index (χ0) is 21.3. The number of aromatic amines is 1. The number of aromatic nitrogens is 2. The van der Waals surface area contributed by atoms with Gasteiger partial charge in [0, 0.05) is 66.4 Å². The third-order valence-electron chi connectivity index (χ3n) is 6.80. The molecule has 0 saturated carbocycles. The summed E-state index contributed by atoms with van der Waals surface area (Å²) < 4.78 is 10.6. The highest BCUT2D eigenvalue weighted by atomic mass is 16.5. The topological polar surface area (TPSA) is 56.9 Å². The van der Waals surface area contributed by atoms with Gasteiger partial charge < -0.3 is 24.3 Å². The van der Waals surface area contributed by atoms with E-state index in [0.29, 0.717) is 6.04 Å². The van der Waals surface area contributed by atoms with Gasteiger partial charge in [0.1, 0.15) is 6.61 Å². The highest BCUT2D eigenvalue weighted by Gasteiger charge is 2.28. The molecule has 0 bridgehead atoms. The fourth-order valence-corrected chi connectivity index (χ4v) is 4.83. The molecule has 3 aromatic rings. The minimum absolute atomic E-state index is 0.636. The molecule has 0 amide bonds. The number of ether oxygens (including phenoxy) is 2. The lowest BCUT2D eigenvalue weighted by atomic mass is 10.1. The Morgan fingerprint density at radius 3 is 2.56 bits per heavy atom. The number of piperazine rings is 1. The molecule has 0 aliphatic carbocycles. The Morgan fingerprint density at radius 1 is 1.00 bits per heavy atom. The predicted molar refractivity (Wildman–Crippen MR) is 125 cm³/mol. The van der Waals surface area contributed by atoms with Crippen LogP contribution in [0.3, 0.4) is 0 Å². The molecule has 2 aromatic heterocycles. The highest BCUT2D eigenvalue weighted by Crippen LogP contribution is 2.29. The van der Waals surface area contributed by atoms with Crippen LogP contribution in [0.5, 0.6) is 0 Å². The number of hydrogen-bond acceptors (Lipinski definition) is 6. The monoisotopic (exact) mass is 431 g/mol. The first-order valence-electron chi connectivity index (χ1n) is 11.5. The number of benzene rings is 1. The van der Waals surface area contributed by atoms with Crippen molar-refractivity contribution in [1.29, 1.82) is 0 Å². The predicted octanol–water partition coefficient (Wildman–Crippen LogP) is 3.05. The molecule has 5 heterocycles. The summed E-state index contributed by atoms with van der Waals surface area (Å²) >= 11 is 0. The average molecular weight is 432 g/mol. The van der Waals surface area contributed by atoms with Crippen molar-refractivity contribution < 1.29 is 9.47 Å². The zero-order valence-corrected chi connectivity index (χ0v) is 18.2. The first-order valence-corrected chi connectivity index (χ1v) is 11.5. The van der Waals surface area contributed by atoms with Crippen LogP contribution in [0.2, 0.25) is 0 Å². The quantitative estimate of drug-likeness (QED) is 0.670. The van der Waals surface area contributed by atoms with Crippen molar-refractivity contribution in [3.8, 4) is 11.3 Å². The molecule has 0 atom stereocenters.